The number of H-pyrrole nitrogens is 1. The van der Waals surface area contributed by atoms with Crippen LogP contribution in [0, 0.1) is 11.5 Å². The number of alkyl halides is 1. The van der Waals surface area contributed by atoms with Gasteiger partial charge >= 0.3 is 5.69 Å². The number of nitrogens with one attached hydrogen (secondary N) is 1. The number of ether oxygens (including phenoxy) is 1. The van der Waals surface area contributed by atoms with E-state index in [0.29, 0.717) is 0 Å². The maximum Gasteiger partial charge on any atom is 0.330 e. The molecule has 2 heterocycles. The van der Waals surface area contributed by atoms with Crippen molar-refractivity contribution in [3.8, 4) is 11.5 Å². The first kappa shape index (κ1) is 17.6. The summed E-state index contributed by atoms with van der Waals surface area (Å²) in [6.45, 7) is 5.39. The standard InChI is InChI=1S/C14H19FN2O5Si/c1-23(2,3)5-4-8-6-17(14(21)16-12(8)20)13-10(15)11(19)9(7-18)22-13/h6,9-11,13,18-19H,7H2,1-3H3,(H,16,20,21)/t9-,10+,11-,13-/m1/s1. The summed E-state index contributed by atoms with van der Waals surface area (Å²) in [4.78, 5) is 25.8. The van der Waals surface area contributed by atoms with Gasteiger partial charge in [-0.2, -0.15) is 0 Å². The van der Waals surface area contributed by atoms with Crippen LogP contribution in [-0.4, -0.2) is 52.8 Å². The third kappa shape index (κ3) is 3.79. The summed E-state index contributed by atoms with van der Waals surface area (Å²) in [5, 5.41) is 18.7. The second kappa shape index (κ2) is 6.41. The highest BCUT2D eigenvalue weighted by Gasteiger charge is 2.45. The molecule has 0 unspecified atom stereocenters. The second-order valence-corrected chi connectivity index (χ2v) is 11.1. The average molecular weight is 342 g/mol. The fraction of sp³-hybridized carbons (Fsp3) is 0.571. The number of nitrogens with zero attached hydrogens (tertiary/aromatic N) is 1. The first-order valence-corrected chi connectivity index (χ1v) is 10.6. The van der Waals surface area contributed by atoms with Crippen molar-refractivity contribution in [3.05, 3.63) is 32.6 Å². The number of halogens is 1. The Hall–Kier alpha value is -1.73. The third-order valence-electron chi connectivity index (χ3n) is 3.29. The van der Waals surface area contributed by atoms with E-state index in [1.165, 1.54) is 0 Å². The van der Waals surface area contributed by atoms with Gasteiger partial charge in [0, 0.05) is 6.20 Å². The van der Waals surface area contributed by atoms with E-state index in [0.717, 1.165) is 10.8 Å². The number of aliphatic hydroxyl groups is 2. The highest BCUT2D eigenvalue weighted by molar-refractivity contribution is 6.83. The molecule has 1 aromatic heterocycles. The van der Waals surface area contributed by atoms with Crippen molar-refractivity contribution < 1.29 is 19.3 Å². The predicted octanol–water partition coefficient (Wildman–Crippen LogP) is -0.646. The molecule has 7 nitrogen and oxygen atoms in total. The van der Waals surface area contributed by atoms with Crippen LogP contribution in [0.4, 0.5) is 4.39 Å². The molecule has 0 aromatic carbocycles. The van der Waals surface area contributed by atoms with Crippen LogP contribution in [0.3, 0.4) is 0 Å². The van der Waals surface area contributed by atoms with Gasteiger partial charge in [0.2, 0.25) is 0 Å². The molecule has 0 bridgehead atoms. The van der Waals surface area contributed by atoms with Gasteiger partial charge in [-0.3, -0.25) is 14.3 Å². The zero-order valence-electron chi connectivity index (χ0n) is 13.0. The monoisotopic (exact) mass is 342 g/mol. The van der Waals surface area contributed by atoms with E-state index < -0.39 is 50.5 Å². The van der Waals surface area contributed by atoms with Gasteiger partial charge in [0.25, 0.3) is 5.56 Å². The maximum absolute atomic E-state index is 14.1. The van der Waals surface area contributed by atoms with Crippen molar-refractivity contribution in [1.82, 2.24) is 9.55 Å². The largest absolute Gasteiger partial charge is 0.394 e. The van der Waals surface area contributed by atoms with Crippen molar-refractivity contribution >= 4 is 8.07 Å². The van der Waals surface area contributed by atoms with E-state index >= 15 is 0 Å². The molecule has 9 heteroatoms. The van der Waals surface area contributed by atoms with Crippen molar-refractivity contribution in [2.24, 2.45) is 0 Å². The smallest absolute Gasteiger partial charge is 0.330 e. The van der Waals surface area contributed by atoms with Crippen LogP contribution in [0.5, 0.6) is 0 Å². The van der Waals surface area contributed by atoms with Gasteiger partial charge in [0.05, 0.1) is 6.61 Å². The van der Waals surface area contributed by atoms with E-state index in [-0.39, 0.29) is 5.56 Å². The first-order chi connectivity index (χ1) is 10.6. The molecule has 3 N–H and O–H groups in total. The number of aromatic amines is 1. The van der Waals surface area contributed by atoms with E-state index in [2.05, 4.69) is 16.4 Å². The van der Waals surface area contributed by atoms with Crippen molar-refractivity contribution in [3.63, 3.8) is 0 Å². The molecule has 4 atom stereocenters. The minimum Gasteiger partial charge on any atom is -0.394 e. The Balaban J connectivity index is 2.46. The Bertz CT molecular complexity index is 757. The lowest BCUT2D eigenvalue weighted by atomic mass is 10.1. The molecular formula is C14H19FN2O5Si. The molecule has 1 saturated heterocycles. The molecule has 1 aliphatic heterocycles. The molecule has 2 rings (SSSR count). The van der Waals surface area contributed by atoms with Gasteiger partial charge in [-0.1, -0.05) is 25.6 Å². The van der Waals surface area contributed by atoms with Crippen LogP contribution in [0.25, 0.3) is 0 Å². The minimum absolute atomic E-state index is 0.0183. The Morgan fingerprint density at radius 1 is 1.43 bits per heavy atom. The fourth-order valence-corrected chi connectivity index (χ4v) is 2.61. The van der Waals surface area contributed by atoms with Gasteiger partial charge in [0.1, 0.15) is 25.8 Å². The molecule has 1 aromatic rings. The Labute approximate surface area is 132 Å². The van der Waals surface area contributed by atoms with Crippen LogP contribution >= 0.6 is 0 Å². The summed E-state index contributed by atoms with van der Waals surface area (Å²) in [6.07, 6.45) is -4.91. The van der Waals surface area contributed by atoms with Crippen molar-refractivity contribution in [2.75, 3.05) is 6.61 Å². The van der Waals surface area contributed by atoms with Crippen LogP contribution in [0.15, 0.2) is 15.8 Å². The van der Waals surface area contributed by atoms with Gasteiger partial charge in [-0.15, -0.1) is 5.54 Å². The normalized spacial score (nSPS) is 27.6. The zero-order valence-corrected chi connectivity index (χ0v) is 14.0. The number of aromatic nitrogens is 2. The Morgan fingerprint density at radius 2 is 2.09 bits per heavy atom. The van der Waals surface area contributed by atoms with Crippen LogP contribution < -0.4 is 11.2 Å². The van der Waals surface area contributed by atoms with E-state index in [1.807, 2.05) is 19.6 Å². The predicted molar refractivity (Wildman–Crippen MR) is 83.4 cm³/mol. The highest BCUT2D eigenvalue weighted by Crippen LogP contribution is 2.30. The molecule has 0 radical (unpaired) electrons. The highest BCUT2D eigenvalue weighted by atomic mass is 28.3. The second-order valence-electron chi connectivity index (χ2n) is 6.39. The summed E-state index contributed by atoms with van der Waals surface area (Å²) in [5.41, 5.74) is 1.47. The van der Waals surface area contributed by atoms with Crippen LogP contribution in [0.1, 0.15) is 11.8 Å². The average Bonchev–Trinajstić information content (AvgIpc) is 2.73. The van der Waals surface area contributed by atoms with Crippen LogP contribution in [0.2, 0.25) is 19.6 Å². The van der Waals surface area contributed by atoms with Crippen molar-refractivity contribution in [2.45, 2.75) is 44.2 Å². The quantitative estimate of drug-likeness (QED) is 0.490. The van der Waals surface area contributed by atoms with Crippen molar-refractivity contribution in [1.29, 1.82) is 0 Å². The lowest BCUT2D eigenvalue weighted by molar-refractivity contribution is -0.0491. The maximum atomic E-state index is 14.1. The van der Waals surface area contributed by atoms with Gasteiger partial charge < -0.3 is 14.9 Å². The molecule has 126 valence electrons. The first-order valence-electron chi connectivity index (χ1n) is 7.11. The number of hydrogen-bond donors (Lipinski definition) is 3. The summed E-state index contributed by atoms with van der Waals surface area (Å²) in [7, 11) is -1.75. The molecule has 0 amide bonds. The minimum atomic E-state index is -1.91. The number of hydrogen-bond acceptors (Lipinski definition) is 5. The number of aliphatic hydroxyl groups excluding tert-OH is 2. The van der Waals surface area contributed by atoms with Gasteiger partial charge in [-0.25, -0.2) is 9.18 Å². The summed E-state index contributed by atoms with van der Waals surface area (Å²) >= 11 is 0. The van der Waals surface area contributed by atoms with E-state index in [4.69, 9.17) is 9.84 Å². The summed E-state index contributed by atoms with van der Waals surface area (Å²) in [5.74, 6) is 2.71. The SMILES string of the molecule is C[Si](C)(C)C#Cc1cn([C@@H]2O[C@H](CO)[C@@H](O)[C@@H]2F)c(=O)[nH]c1=O. The zero-order chi connectivity index (χ0) is 17.4. The van der Waals surface area contributed by atoms with E-state index in [9.17, 15) is 19.1 Å². The summed E-state index contributed by atoms with van der Waals surface area (Å²) < 4.78 is 20.1. The van der Waals surface area contributed by atoms with E-state index in [1.54, 1.807) is 0 Å². The third-order valence-corrected chi connectivity index (χ3v) is 4.16. The van der Waals surface area contributed by atoms with Gasteiger partial charge in [0.15, 0.2) is 12.4 Å². The Morgan fingerprint density at radius 3 is 2.61 bits per heavy atom. The topological polar surface area (TPSA) is 105 Å². The molecule has 0 spiro atoms. The van der Waals surface area contributed by atoms with Gasteiger partial charge in [-0.05, 0) is 0 Å². The lowest BCUT2D eigenvalue weighted by Crippen LogP contribution is -2.37. The Kier molecular flexibility index (Phi) is 4.91. The fourth-order valence-electron chi connectivity index (χ4n) is 2.10. The summed E-state index contributed by atoms with van der Waals surface area (Å²) in [6, 6.07) is 0. The molecule has 1 fully saturated rings. The molecule has 23 heavy (non-hydrogen) atoms. The lowest BCUT2D eigenvalue weighted by Gasteiger charge is -2.16. The molecule has 0 aliphatic carbocycles. The molecule has 0 saturated carbocycles. The molecular weight excluding hydrogens is 323 g/mol. The van der Waals surface area contributed by atoms with Crippen LogP contribution in [-0.2, 0) is 4.74 Å². The molecule has 1 aliphatic rings. The number of rotatable bonds is 2.